The van der Waals surface area contributed by atoms with Crippen molar-refractivity contribution in [2.24, 2.45) is 5.92 Å². The third-order valence-electron chi connectivity index (χ3n) is 3.26. The fourth-order valence-corrected chi connectivity index (χ4v) is 2.27. The molecule has 1 aliphatic heterocycles. The first-order valence-corrected chi connectivity index (χ1v) is 4.78. The monoisotopic (exact) mass is 168 g/mol. The number of rotatable bonds is 2. The highest BCUT2D eigenvalue weighted by atomic mass is 16.1. The molecule has 0 aromatic heterocycles. The molecule has 0 bridgehead atoms. The number of hydrogen-bond acceptors (Lipinski definition) is 2. The van der Waals surface area contributed by atoms with Gasteiger partial charge in [0.05, 0.1) is 5.54 Å². The zero-order valence-corrected chi connectivity index (χ0v) is 7.52. The van der Waals surface area contributed by atoms with Gasteiger partial charge in [0.1, 0.15) is 0 Å². The van der Waals surface area contributed by atoms with Crippen molar-refractivity contribution in [3.05, 3.63) is 0 Å². The molecule has 12 heavy (non-hydrogen) atoms. The molecule has 0 aromatic rings. The fourth-order valence-electron chi connectivity index (χ4n) is 2.27. The van der Waals surface area contributed by atoms with Crippen LogP contribution in [0.5, 0.6) is 0 Å². The Bertz CT molecular complexity index is 205. The Hall–Kier alpha value is -0.570. The van der Waals surface area contributed by atoms with Crippen LogP contribution in [0.25, 0.3) is 0 Å². The van der Waals surface area contributed by atoms with Crippen LogP contribution < -0.4 is 10.6 Å². The first kappa shape index (κ1) is 8.05. The van der Waals surface area contributed by atoms with Gasteiger partial charge in [-0.1, -0.05) is 6.92 Å². The van der Waals surface area contributed by atoms with Crippen LogP contribution in [0.3, 0.4) is 0 Å². The van der Waals surface area contributed by atoms with Gasteiger partial charge in [0.2, 0.25) is 5.91 Å². The summed E-state index contributed by atoms with van der Waals surface area (Å²) in [5.74, 6) is 0.899. The molecule has 1 aliphatic carbocycles. The lowest BCUT2D eigenvalue weighted by Crippen LogP contribution is -2.59. The lowest BCUT2D eigenvalue weighted by atomic mass is 9.69. The van der Waals surface area contributed by atoms with E-state index in [1.54, 1.807) is 0 Å². The zero-order valence-electron chi connectivity index (χ0n) is 7.52. The molecule has 1 saturated carbocycles. The highest BCUT2D eigenvalue weighted by Crippen LogP contribution is 2.40. The third-order valence-corrected chi connectivity index (χ3v) is 3.26. The standard InChI is InChI=1S/C9H16N2O/c1-2-8(12)11-9-4-3-7(9)5-10-6-9/h7,10H,2-6H2,1H3,(H,11,12). The second kappa shape index (κ2) is 2.73. The molecule has 1 amide bonds. The second-order valence-electron chi connectivity index (χ2n) is 3.92. The molecule has 0 aromatic carbocycles. The van der Waals surface area contributed by atoms with Crippen molar-refractivity contribution < 1.29 is 4.79 Å². The van der Waals surface area contributed by atoms with Crippen molar-refractivity contribution in [2.45, 2.75) is 31.7 Å². The van der Waals surface area contributed by atoms with Gasteiger partial charge in [-0.15, -0.1) is 0 Å². The van der Waals surface area contributed by atoms with E-state index < -0.39 is 0 Å². The second-order valence-corrected chi connectivity index (χ2v) is 3.92. The maximum Gasteiger partial charge on any atom is 0.220 e. The van der Waals surface area contributed by atoms with Crippen LogP contribution in [0.4, 0.5) is 0 Å². The molecule has 1 heterocycles. The summed E-state index contributed by atoms with van der Waals surface area (Å²) in [5, 5.41) is 6.48. The Labute approximate surface area is 72.9 Å². The minimum atomic E-state index is 0.146. The van der Waals surface area contributed by atoms with Crippen LogP contribution in [0.15, 0.2) is 0 Å². The number of carbonyl (C=O) groups excluding carboxylic acids is 1. The van der Waals surface area contributed by atoms with E-state index in [0.29, 0.717) is 12.3 Å². The summed E-state index contributed by atoms with van der Waals surface area (Å²) in [6.45, 7) is 3.97. The zero-order chi connectivity index (χ0) is 8.60. The molecule has 2 unspecified atom stereocenters. The first-order chi connectivity index (χ1) is 5.77. The van der Waals surface area contributed by atoms with Crippen molar-refractivity contribution in [3.8, 4) is 0 Å². The van der Waals surface area contributed by atoms with Crippen LogP contribution in [0, 0.1) is 5.92 Å². The Morgan fingerprint density at radius 3 is 3.08 bits per heavy atom. The van der Waals surface area contributed by atoms with Crippen molar-refractivity contribution in [3.63, 3.8) is 0 Å². The van der Waals surface area contributed by atoms with Crippen LogP contribution in [0.1, 0.15) is 26.2 Å². The van der Waals surface area contributed by atoms with E-state index in [9.17, 15) is 4.79 Å². The Morgan fingerprint density at radius 2 is 2.58 bits per heavy atom. The van der Waals surface area contributed by atoms with E-state index in [1.165, 1.54) is 6.42 Å². The molecule has 3 nitrogen and oxygen atoms in total. The fraction of sp³-hybridized carbons (Fsp3) is 0.889. The molecule has 2 atom stereocenters. The number of hydrogen-bond donors (Lipinski definition) is 2. The van der Waals surface area contributed by atoms with Gasteiger partial charge in [0, 0.05) is 19.5 Å². The predicted molar refractivity (Wildman–Crippen MR) is 46.8 cm³/mol. The van der Waals surface area contributed by atoms with Crippen LogP contribution in [0.2, 0.25) is 0 Å². The van der Waals surface area contributed by atoms with Gasteiger partial charge in [-0.05, 0) is 18.8 Å². The summed E-state index contributed by atoms with van der Waals surface area (Å²) in [7, 11) is 0. The largest absolute Gasteiger partial charge is 0.349 e. The molecule has 68 valence electrons. The van der Waals surface area contributed by atoms with E-state index in [2.05, 4.69) is 10.6 Å². The van der Waals surface area contributed by atoms with Crippen molar-refractivity contribution in [1.29, 1.82) is 0 Å². The molecule has 2 rings (SSSR count). The van der Waals surface area contributed by atoms with Gasteiger partial charge < -0.3 is 10.6 Å². The molecule has 1 saturated heterocycles. The van der Waals surface area contributed by atoms with Crippen LogP contribution in [-0.4, -0.2) is 24.5 Å². The molecule has 0 radical (unpaired) electrons. The Balaban J connectivity index is 1.97. The maximum atomic E-state index is 11.2. The molecule has 3 heteroatoms. The predicted octanol–water partition coefficient (Wildman–Crippen LogP) is 0.265. The minimum Gasteiger partial charge on any atom is -0.349 e. The molecule has 2 fully saturated rings. The van der Waals surface area contributed by atoms with E-state index >= 15 is 0 Å². The van der Waals surface area contributed by atoms with Gasteiger partial charge >= 0.3 is 0 Å². The van der Waals surface area contributed by atoms with Gasteiger partial charge in [0.15, 0.2) is 0 Å². The van der Waals surface area contributed by atoms with Gasteiger partial charge in [0.25, 0.3) is 0 Å². The van der Waals surface area contributed by atoms with Crippen LogP contribution >= 0.6 is 0 Å². The topological polar surface area (TPSA) is 41.1 Å². The minimum absolute atomic E-state index is 0.146. The number of nitrogens with one attached hydrogen (secondary N) is 2. The number of carbonyl (C=O) groups is 1. The molecular weight excluding hydrogens is 152 g/mol. The molecule has 2 aliphatic rings. The van der Waals surface area contributed by atoms with E-state index in [0.717, 1.165) is 19.5 Å². The molecular formula is C9H16N2O. The summed E-state index contributed by atoms with van der Waals surface area (Å²) in [6.07, 6.45) is 3.04. The van der Waals surface area contributed by atoms with Gasteiger partial charge in [-0.3, -0.25) is 4.79 Å². The smallest absolute Gasteiger partial charge is 0.220 e. The van der Waals surface area contributed by atoms with Crippen molar-refractivity contribution in [1.82, 2.24) is 10.6 Å². The highest BCUT2D eigenvalue weighted by molar-refractivity contribution is 5.76. The number of amides is 1. The van der Waals surface area contributed by atoms with Crippen molar-refractivity contribution in [2.75, 3.05) is 13.1 Å². The summed E-state index contributed by atoms with van der Waals surface area (Å²) in [5.41, 5.74) is 0.146. The molecule has 2 N–H and O–H groups in total. The summed E-state index contributed by atoms with van der Waals surface area (Å²) >= 11 is 0. The summed E-state index contributed by atoms with van der Waals surface area (Å²) < 4.78 is 0. The lowest BCUT2D eigenvalue weighted by molar-refractivity contribution is -0.124. The summed E-state index contributed by atoms with van der Waals surface area (Å²) in [6, 6.07) is 0. The first-order valence-electron chi connectivity index (χ1n) is 4.78. The average molecular weight is 168 g/mol. The molecule has 0 spiro atoms. The highest BCUT2D eigenvalue weighted by Gasteiger charge is 2.50. The van der Waals surface area contributed by atoms with E-state index in [1.807, 2.05) is 6.92 Å². The van der Waals surface area contributed by atoms with Gasteiger partial charge in [-0.2, -0.15) is 0 Å². The Morgan fingerprint density at radius 1 is 1.75 bits per heavy atom. The van der Waals surface area contributed by atoms with Crippen LogP contribution in [-0.2, 0) is 4.79 Å². The van der Waals surface area contributed by atoms with Crippen molar-refractivity contribution >= 4 is 5.91 Å². The van der Waals surface area contributed by atoms with E-state index in [4.69, 9.17) is 0 Å². The SMILES string of the molecule is CCC(=O)NC12CCC1CNC2. The Kier molecular flexibility index (Phi) is 1.83. The van der Waals surface area contributed by atoms with Gasteiger partial charge in [-0.25, -0.2) is 0 Å². The maximum absolute atomic E-state index is 11.2. The third kappa shape index (κ3) is 1.04. The normalized spacial score (nSPS) is 38.6. The average Bonchev–Trinajstić information content (AvgIpc) is 2.31. The number of fused-ring (bicyclic) bond motifs is 1. The summed E-state index contributed by atoms with van der Waals surface area (Å²) in [4.78, 5) is 11.2. The lowest BCUT2D eigenvalue weighted by Gasteiger charge is -2.44. The quantitative estimate of drug-likeness (QED) is 0.621. The van der Waals surface area contributed by atoms with E-state index in [-0.39, 0.29) is 11.4 Å².